The summed E-state index contributed by atoms with van der Waals surface area (Å²) in [6.07, 6.45) is 3.75. The van der Waals surface area contributed by atoms with Crippen LogP contribution >= 0.6 is 11.3 Å². The third-order valence-corrected chi connectivity index (χ3v) is 13.5. The van der Waals surface area contributed by atoms with Crippen molar-refractivity contribution in [2.24, 2.45) is 11.3 Å². The molecule has 2 fully saturated rings. The second kappa shape index (κ2) is 18.8. The van der Waals surface area contributed by atoms with E-state index in [1.807, 2.05) is 88.1 Å². The molecule has 3 aliphatic heterocycles. The predicted molar refractivity (Wildman–Crippen MR) is 245 cm³/mol. The number of nitrogens with one attached hydrogen (secondary N) is 3. The molecule has 0 aliphatic carbocycles. The largest absolute Gasteiger partial charge is 0.394 e. The van der Waals surface area contributed by atoms with Crippen molar-refractivity contribution in [3.63, 3.8) is 0 Å². The quantitative estimate of drug-likeness (QED) is 0.0993. The highest BCUT2D eigenvalue weighted by Gasteiger charge is 2.45. The Hall–Kier alpha value is -5.91. The van der Waals surface area contributed by atoms with Crippen LogP contribution < -0.4 is 16.0 Å². The third-order valence-electron chi connectivity index (χ3n) is 12.5. The number of hydrogen-bond donors (Lipinski definition) is 5. The van der Waals surface area contributed by atoms with Crippen molar-refractivity contribution in [3.05, 3.63) is 125 Å². The second-order valence-electron chi connectivity index (χ2n) is 18.0. The lowest BCUT2D eigenvalue weighted by molar-refractivity contribution is -0.143. The molecule has 326 valence electrons. The summed E-state index contributed by atoms with van der Waals surface area (Å²) in [5.41, 5.74) is 10.3. The number of aliphatic hydroxyl groups is 2. The number of carbonyl (C=O) groups excluding carboxylic acids is 3. The van der Waals surface area contributed by atoms with Gasteiger partial charge in [-0.05, 0) is 95.1 Å². The van der Waals surface area contributed by atoms with Gasteiger partial charge in [-0.1, -0.05) is 75.1 Å². The fraction of sp³-hybridized carbons (Fsp3) is 0.380. The lowest BCUT2D eigenvalue weighted by Gasteiger charge is -2.39. The highest BCUT2D eigenvalue weighted by Crippen LogP contribution is 2.48. The minimum atomic E-state index is -0.954. The van der Waals surface area contributed by atoms with E-state index in [2.05, 4.69) is 79.1 Å². The first-order valence-corrected chi connectivity index (χ1v) is 22.5. The summed E-state index contributed by atoms with van der Waals surface area (Å²) in [5.74, 6) is 5.24. The van der Waals surface area contributed by atoms with Gasteiger partial charge in [0.1, 0.15) is 12.1 Å². The number of β-amino-alcohol motifs (C(OH)–C–C–N with tert-alkyl or cyclic N) is 1. The zero-order valence-electron chi connectivity index (χ0n) is 36.2. The van der Waals surface area contributed by atoms with Gasteiger partial charge in [-0.25, -0.2) is 4.98 Å². The standard InChI is InChI=1S/C50H55N7O5S/c1-31-46(63-30-53-31)35-13-11-33(12-14-35)26-52-48(61)43-25-38(59)28-57(43)49(62)47(50(2,3)4)55-44(60)10-6-8-32-7-5-9-36(23-32)37-15-16-41-40(24-37)45-39(42(29-58)54-41)19-22-56(45)27-34-17-20-51-21-18-34/h5,7,9,11-18,20-21,23-24,30,38-39,42-43,45,47,54,58-59H,10,19,22,25-29H2,1-4H3,(H,52,61)(H,55,60)/t38-,39-,42-,43+,45-,47-/m1/s1. The molecule has 8 rings (SSSR count). The average molecular weight is 866 g/mol. The number of amides is 3. The van der Waals surface area contributed by atoms with E-state index >= 15 is 0 Å². The maximum atomic E-state index is 14.1. The number of anilines is 1. The SMILES string of the molecule is Cc1ncsc1-c1ccc(CNC(=O)[C@@H]2C[C@@H](O)CN2C(=O)[C@@H](NC(=O)CC#Cc2cccc(-c3ccc4c(c3)[C@H]3[C@H](CCN3Cc3ccncc3)[C@@H](CO)N4)c2)C(C)(C)C)cc1. The number of aliphatic hydroxyl groups excluding tert-OH is 2. The van der Waals surface area contributed by atoms with Crippen LogP contribution in [0.15, 0.2) is 96.8 Å². The molecule has 0 bridgehead atoms. The van der Waals surface area contributed by atoms with Crippen LogP contribution in [0.25, 0.3) is 21.6 Å². The van der Waals surface area contributed by atoms with Gasteiger partial charge >= 0.3 is 0 Å². The summed E-state index contributed by atoms with van der Waals surface area (Å²) in [6.45, 7) is 9.63. The van der Waals surface area contributed by atoms with Crippen molar-refractivity contribution in [1.82, 2.24) is 30.4 Å². The maximum absolute atomic E-state index is 14.1. The van der Waals surface area contributed by atoms with E-state index in [1.54, 1.807) is 11.3 Å². The molecule has 5 heterocycles. The van der Waals surface area contributed by atoms with Gasteiger partial charge in [0.2, 0.25) is 17.7 Å². The molecule has 63 heavy (non-hydrogen) atoms. The monoisotopic (exact) mass is 865 g/mol. The van der Waals surface area contributed by atoms with E-state index in [4.69, 9.17) is 0 Å². The number of aromatic nitrogens is 2. The minimum absolute atomic E-state index is 0.00652. The number of fused-ring (bicyclic) bond motifs is 3. The van der Waals surface area contributed by atoms with Gasteiger partial charge in [0.05, 0.1) is 41.3 Å². The lowest BCUT2D eigenvalue weighted by Crippen LogP contribution is -2.57. The number of pyridine rings is 1. The Labute approximate surface area is 373 Å². The van der Waals surface area contributed by atoms with Gasteiger partial charge in [0.25, 0.3) is 0 Å². The molecule has 6 atom stereocenters. The fourth-order valence-electron chi connectivity index (χ4n) is 9.23. The van der Waals surface area contributed by atoms with E-state index < -0.39 is 35.4 Å². The summed E-state index contributed by atoms with van der Waals surface area (Å²) in [7, 11) is 0. The number of likely N-dealkylation sites (tertiary alicyclic amines) is 2. The number of nitrogens with zero attached hydrogens (tertiary/aromatic N) is 4. The summed E-state index contributed by atoms with van der Waals surface area (Å²) in [5, 5.41) is 30.4. The first kappa shape index (κ1) is 43.7. The van der Waals surface area contributed by atoms with Gasteiger partial charge in [0.15, 0.2) is 0 Å². The number of carbonyl (C=O) groups is 3. The summed E-state index contributed by atoms with van der Waals surface area (Å²) >= 11 is 1.58. The van der Waals surface area contributed by atoms with Crippen LogP contribution in [0.3, 0.4) is 0 Å². The topological polar surface area (TPSA) is 160 Å². The van der Waals surface area contributed by atoms with Crippen molar-refractivity contribution in [2.45, 2.75) is 90.3 Å². The zero-order chi connectivity index (χ0) is 44.3. The van der Waals surface area contributed by atoms with Crippen LogP contribution in [0, 0.1) is 30.1 Å². The van der Waals surface area contributed by atoms with Gasteiger partial charge in [-0.2, -0.15) is 0 Å². The Kier molecular flexibility index (Phi) is 13.1. The first-order chi connectivity index (χ1) is 30.4. The van der Waals surface area contributed by atoms with Gasteiger partial charge in [-0.3, -0.25) is 24.3 Å². The molecule has 13 heteroatoms. The van der Waals surface area contributed by atoms with Crippen molar-refractivity contribution < 1.29 is 24.6 Å². The zero-order valence-corrected chi connectivity index (χ0v) is 37.0. The molecular formula is C50H55N7O5S. The smallest absolute Gasteiger partial charge is 0.246 e. The van der Waals surface area contributed by atoms with Crippen LogP contribution in [0.2, 0.25) is 0 Å². The maximum Gasteiger partial charge on any atom is 0.246 e. The molecule has 5 N–H and O–H groups in total. The Morgan fingerprint density at radius 1 is 0.984 bits per heavy atom. The third kappa shape index (κ3) is 9.85. The van der Waals surface area contributed by atoms with Crippen LogP contribution in [0.5, 0.6) is 0 Å². The van der Waals surface area contributed by atoms with Crippen molar-refractivity contribution in [1.29, 1.82) is 0 Å². The van der Waals surface area contributed by atoms with Crippen LogP contribution in [0.4, 0.5) is 5.69 Å². The molecular weight excluding hydrogens is 811 g/mol. The van der Waals surface area contributed by atoms with Gasteiger partial charge < -0.3 is 31.1 Å². The molecule has 12 nitrogen and oxygen atoms in total. The Balaban J connectivity index is 0.909. The predicted octanol–water partition coefficient (Wildman–Crippen LogP) is 6.08. The Bertz CT molecular complexity index is 2510. The Morgan fingerprint density at radius 2 is 1.75 bits per heavy atom. The van der Waals surface area contributed by atoms with Crippen molar-refractivity contribution in [2.75, 3.05) is 25.0 Å². The van der Waals surface area contributed by atoms with Crippen LogP contribution in [-0.2, 0) is 27.5 Å². The van der Waals surface area contributed by atoms with Gasteiger partial charge in [0, 0.05) is 61.7 Å². The number of hydrogen-bond acceptors (Lipinski definition) is 10. The molecule has 3 amide bonds. The van der Waals surface area contributed by atoms with Crippen molar-refractivity contribution in [3.8, 4) is 33.4 Å². The molecule has 0 unspecified atom stereocenters. The minimum Gasteiger partial charge on any atom is -0.394 e. The lowest BCUT2D eigenvalue weighted by atomic mass is 9.82. The van der Waals surface area contributed by atoms with E-state index in [9.17, 15) is 24.6 Å². The molecule has 0 radical (unpaired) electrons. The van der Waals surface area contributed by atoms with Crippen LogP contribution in [0.1, 0.15) is 74.0 Å². The fourth-order valence-corrected chi connectivity index (χ4v) is 10.0. The second-order valence-corrected chi connectivity index (χ2v) is 18.8. The molecule has 0 saturated carbocycles. The van der Waals surface area contributed by atoms with Crippen LogP contribution in [-0.4, -0.2) is 91.6 Å². The molecule has 5 aromatic rings. The highest BCUT2D eigenvalue weighted by molar-refractivity contribution is 7.13. The molecule has 2 aromatic heterocycles. The van der Waals surface area contributed by atoms with E-state index in [-0.39, 0.29) is 56.4 Å². The average Bonchev–Trinajstić information content (AvgIpc) is 4.02. The van der Waals surface area contributed by atoms with E-state index in [1.165, 1.54) is 16.0 Å². The van der Waals surface area contributed by atoms with Crippen molar-refractivity contribution >= 4 is 34.7 Å². The summed E-state index contributed by atoms with van der Waals surface area (Å²) < 4.78 is 0. The van der Waals surface area contributed by atoms with E-state index in [0.29, 0.717) is 0 Å². The summed E-state index contributed by atoms with van der Waals surface area (Å²) in [4.78, 5) is 54.6. The number of aryl methyl sites for hydroxylation is 1. The molecule has 3 aliphatic rings. The molecule has 2 saturated heterocycles. The first-order valence-electron chi connectivity index (χ1n) is 21.6. The highest BCUT2D eigenvalue weighted by atomic mass is 32.1. The Morgan fingerprint density at radius 3 is 2.48 bits per heavy atom. The normalized spacial score (nSPS) is 21.0. The number of thiazole rings is 1. The number of rotatable bonds is 11. The summed E-state index contributed by atoms with van der Waals surface area (Å²) in [6, 6.07) is 24.7. The molecule has 0 spiro atoms. The van der Waals surface area contributed by atoms with E-state index in [0.717, 1.165) is 63.6 Å². The number of benzene rings is 3. The molecule has 3 aromatic carbocycles. The van der Waals surface area contributed by atoms with Gasteiger partial charge in [-0.15, -0.1) is 11.3 Å².